The lowest BCUT2D eigenvalue weighted by molar-refractivity contribution is 0.286. The van der Waals surface area contributed by atoms with Crippen LogP contribution >= 0.6 is 0 Å². The Hall–Kier alpha value is -1.96. The summed E-state index contributed by atoms with van der Waals surface area (Å²) in [6.45, 7) is 2.27. The number of anilines is 1. The van der Waals surface area contributed by atoms with E-state index in [4.69, 9.17) is 4.74 Å². The summed E-state index contributed by atoms with van der Waals surface area (Å²) < 4.78 is 5.87. The second kappa shape index (κ2) is 6.66. The maximum absolute atomic E-state index is 5.87. The van der Waals surface area contributed by atoms with E-state index in [9.17, 15) is 0 Å². The van der Waals surface area contributed by atoms with Gasteiger partial charge in [-0.05, 0) is 43.5 Å². The fourth-order valence-electron chi connectivity index (χ4n) is 2.85. The van der Waals surface area contributed by atoms with Crippen LogP contribution in [0, 0.1) is 5.92 Å². The first kappa shape index (κ1) is 14.0. The van der Waals surface area contributed by atoms with Gasteiger partial charge >= 0.3 is 0 Å². The van der Waals surface area contributed by atoms with Gasteiger partial charge in [0.2, 0.25) is 0 Å². The Labute approximate surface area is 127 Å². The number of hydrogen-bond acceptors (Lipinski definition) is 2. The van der Waals surface area contributed by atoms with Crippen LogP contribution in [0.5, 0.6) is 11.5 Å². The summed E-state index contributed by atoms with van der Waals surface area (Å²) in [5.74, 6) is 2.68. The molecule has 0 heterocycles. The van der Waals surface area contributed by atoms with Crippen molar-refractivity contribution in [1.82, 2.24) is 0 Å². The minimum Gasteiger partial charge on any atom is -0.457 e. The second-order valence-electron chi connectivity index (χ2n) is 6.02. The van der Waals surface area contributed by atoms with Crippen molar-refractivity contribution in [1.29, 1.82) is 0 Å². The highest BCUT2D eigenvalue weighted by atomic mass is 16.5. The molecule has 1 saturated carbocycles. The predicted octanol–water partition coefficient (Wildman–Crippen LogP) is 5.47. The molecule has 0 spiro atoms. The summed E-state index contributed by atoms with van der Waals surface area (Å²) in [5, 5.41) is 3.59. The smallest absolute Gasteiger partial charge is 0.129 e. The molecule has 1 unspecified atom stereocenters. The van der Waals surface area contributed by atoms with Gasteiger partial charge in [-0.3, -0.25) is 0 Å². The summed E-state index contributed by atoms with van der Waals surface area (Å²) in [5.41, 5.74) is 1.13. The van der Waals surface area contributed by atoms with E-state index in [1.165, 1.54) is 25.7 Å². The van der Waals surface area contributed by atoms with E-state index >= 15 is 0 Å². The van der Waals surface area contributed by atoms with Crippen molar-refractivity contribution in [3.63, 3.8) is 0 Å². The number of rotatable bonds is 6. The van der Waals surface area contributed by atoms with Crippen LogP contribution in [0.2, 0.25) is 0 Å². The van der Waals surface area contributed by atoms with Gasteiger partial charge in [0.1, 0.15) is 11.5 Å². The number of para-hydroxylation sites is 1. The van der Waals surface area contributed by atoms with Crippen molar-refractivity contribution >= 4 is 5.69 Å². The Kier molecular flexibility index (Phi) is 4.44. The van der Waals surface area contributed by atoms with Gasteiger partial charge in [0.05, 0.1) is 0 Å². The molecule has 0 aromatic heterocycles. The third kappa shape index (κ3) is 4.01. The van der Waals surface area contributed by atoms with E-state index in [2.05, 4.69) is 24.4 Å². The monoisotopic (exact) mass is 281 g/mol. The second-order valence-corrected chi connectivity index (χ2v) is 6.02. The Morgan fingerprint density at radius 2 is 1.81 bits per heavy atom. The molecular weight excluding hydrogens is 258 g/mol. The Bertz CT molecular complexity index is 563. The molecule has 21 heavy (non-hydrogen) atoms. The molecule has 2 nitrogen and oxygen atoms in total. The normalized spacial score (nSPS) is 16.0. The standard InChI is InChI=1S/C19H23NO/c1-15(13-16-7-5-8-16)20-17-9-6-12-19(14-17)21-18-10-3-2-4-11-18/h2-4,6,9-12,14-16,20H,5,7-8,13H2,1H3. The highest BCUT2D eigenvalue weighted by Crippen LogP contribution is 2.31. The lowest BCUT2D eigenvalue weighted by Gasteiger charge is -2.29. The van der Waals surface area contributed by atoms with Gasteiger partial charge < -0.3 is 10.1 Å². The lowest BCUT2D eigenvalue weighted by atomic mass is 9.81. The van der Waals surface area contributed by atoms with Crippen LogP contribution in [-0.2, 0) is 0 Å². The molecule has 1 atom stereocenters. The zero-order chi connectivity index (χ0) is 14.5. The quantitative estimate of drug-likeness (QED) is 0.758. The minimum atomic E-state index is 0.516. The zero-order valence-corrected chi connectivity index (χ0v) is 12.6. The van der Waals surface area contributed by atoms with Gasteiger partial charge in [0, 0.05) is 17.8 Å². The molecule has 1 fully saturated rings. The van der Waals surface area contributed by atoms with E-state index in [0.717, 1.165) is 23.1 Å². The van der Waals surface area contributed by atoms with Crippen molar-refractivity contribution in [2.45, 2.75) is 38.6 Å². The average molecular weight is 281 g/mol. The zero-order valence-electron chi connectivity index (χ0n) is 12.6. The number of ether oxygens (including phenoxy) is 1. The molecule has 2 heteroatoms. The summed E-state index contributed by atoms with van der Waals surface area (Å²) >= 11 is 0. The van der Waals surface area contributed by atoms with Gasteiger partial charge in [-0.2, -0.15) is 0 Å². The van der Waals surface area contributed by atoms with Gasteiger partial charge in [-0.1, -0.05) is 43.5 Å². The maximum Gasteiger partial charge on any atom is 0.129 e. The molecule has 2 aromatic carbocycles. The van der Waals surface area contributed by atoms with E-state index < -0.39 is 0 Å². The van der Waals surface area contributed by atoms with Crippen LogP contribution in [0.15, 0.2) is 54.6 Å². The summed E-state index contributed by atoms with van der Waals surface area (Å²) in [6.07, 6.45) is 5.49. The molecule has 0 saturated heterocycles. The molecule has 0 radical (unpaired) electrons. The Morgan fingerprint density at radius 3 is 2.52 bits per heavy atom. The first-order valence-corrected chi connectivity index (χ1v) is 7.89. The van der Waals surface area contributed by atoms with E-state index in [1.54, 1.807) is 0 Å². The first-order valence-electron chi connectivity index (χ1n) is 7.89. The third-order valence-electron chi connectivity index (χ3n) is 4.14. The Morgan fingerprint density at radius 1 is 1.05 bits per heavy atom. The topological polar surface area (TPSA) is 21.3 Å². The van der Waals surface area contributed by atoms with Crippen molar-refractivity contribution in [2.24, 2.45) is 5.92 Å². The third-order valence-corrected chi connectivity index (χ3v) is 4.14. The van der Waals surface area contributed by atoms with Crippen LogP contribution in [0.25, 0.3) is 0 Å². The number of nitrogens with one attached hydrogen (secondary N) is 1. The van der Waals surface area contributed by atoms with E-state index in [1.807, 2.05) is 42.5 Å². The first-order chi connectivity index (χ1) is 10.3. The van der Waals surface area contributed by atoms with E-state index in [0.29, 0.717) is 6.04 Å². The van der Waals surface area contributed by atoms with Crippen molar-refractivity contribution in [3.05, 3.63) is 54.6 Å². The van der Waals surface area contributed by atoms with Crippen molar-refractivity contribution < 1.29 is 4.74 Å². The summed E-state index contributed by atoms with van der Waals surface area (Å²) in [4.78, 5) is 0. The summed E-state index contributed by atoms with van der Waals surface area (Å²) in [7, 11) is 0. The van der Waals surface area contributed by atoms with Crippen LogP contribution in [0.4, 0.5) is 5.69 Å². The van der Waals surface area contributed by atoms with E-state index in [-0.39, 0.29) is 0 Å². The highest BCUT2D eigenvalue weighted by Gasteiger charge is 2.19. The van der Waals surface area contributed by atoms with Crippen LogP contribution in [0.3, 0.4) is 0 Å². The summed E-state index contributed by atoms with van der Waals surface area (Å²) in [6, 6.07) is 18.6. The molecule has 1 aliphatic carbocycles. The number of hydrogen-bond donors (Lipinski definition) is 1. The highest BCUT2D eigenvalue weighted by molar-refractivity contribution is 5.49. The number of benzene rings is 2. The van der Waals surface area contributed by atoms with Gasteiger partial charge in [0.25, 0.3) is 0 Å². The molecule has 0 aliphatic heterocycles. The van der Waals surface area contributed by atoms with Gasteiger partial charge in [-0.15, -0.1) is 0 Å². The van der Waals surface area contributed by atoms with Crippen LogP contribution < -0.4 is 10.1 Å². The largest absolute Gasteiger partial charge is 0.457 e. The fraction of sp³-hybridized carbons (Fsp3) is 0.368. The maximum atomic E-state index is 5.87. The molecule has 1 aliphatic rings. The molecule has 0 amide bonds. The lowest BCUT2D eigenvalue weighted by Crippen LogP contribution is -2.23. The fourth-order valence-corrected chi connectivity index (χ4v) is 2.85. The molecular formula is C19H23NO. The van der Waals surface area contributed by atoms with Crippen molar-refractivity contribution in [2.75, 3.05) is 5.32 Å². The van der Waals surface area contributed by atoms with Crippen LogP contribution in [0.1, 0.15) is 32.6 Å². The molecule has 2 aromatic rings. The van der Waals surface area contributed by atoms with Gasteiger partial charge in [-0.25, -0.2) is 0 Å². The average Bonchev–Trinajstić information content (AvgIpc) is 2.44. The predicted molar refractivity (Wildman–Crippen MR) is 88.0 cm³/mol. The van der Waals surface area contributed by atoms with Crippen molar-refractivity contribution in [3.8, 4) is 11.5 Å². The molecule has 0 bridgehead atoms. The minimum absolute atomic E-state index is 0.516. The van der Waals surface area contributed by atoms with Crippen LogP contribution in [-0.4, -0.2) is 6.04 Å². The SMILES string of the molecule is CC(CC1CCC1)Nc1cccc(Oc2ccccc2)c1. The molecule has 3 rings (SSSR count). The van der Waals surface area contributed by atoms with Gasteiger partial charge in [0.15, 0.2) is 0 Å². The Balaban J connectivity index is 1.59. The molecule has 110 valence electrons. The molecule has 1 N–H and O–H groups in total.